The molecule has 1 aliphatic heterocycles. The number of aliphatic hydroxyl groups is 1. The smallest absolute Gasteiger partial charge is 0.161 e. The third kappa shape index (κ3) is 3.37. The average molecular weight is 305 g/mol. The molecule has 0 saturated carbocycles. The number of rotatable bonds is 5. The van der Waals surface area contributed by atoms with Gasteiger partial charge in [-0.15, -0.1) is 11.3 Å². The van der Waals surface area contributed by atoms with Gasteiger partial charge in [-0.2, -0.15) is 0 Å². The summed E-state index contributed by atoms with van der Waals surface area (Å²) in [5.41, 5.74) is 2.14. The molecule has 1 unspecified atom stereocenters. The monoisotopic (exact) mass is 305 g/mol. The molecule has 1 aromatic heterocycles. The molecule has 2 heterocycles. The second-order valence-corrected chi connectivity index (χ2v) is 6.08. The van der Waals surface area contributed by atoms with Crippen molar-refractivity contribution in [1.29, 1.82) is 0 Å². The normalized spacial score (nSPS) is 15.0. The van der Waals surface area contributed by atoms with E-state index in [1.54, 1.807) is 11.3 Å². The summed E-state index contributed by atoms with van der Waals surface area (Å²) in [6.45, 7) is 4.53. The number of benzene rings is 1. The number of aryl methyl sites for hydroxylation is 1. The maximum atomic E-state index is 10.3. The highest BCUT2D eigenvalue weighted by atomic mass is 32.1. The quantitative estimate of drug-likeness (QED) is 0.891. The minimum Gasteiger partial charge on any atom is -0.486 e. The molecule has 5 heteroatoms. The Bertz CT molecular complexity index is 611. The van der Waals surface area contributed by atoms with Gasteiger partial charge in [0.2, 0.25) is 0 Å². The van der Waals surface area contributed by atoms with Crippen LogP contribution in [0.5, 0.6) is 11.5 Å². The fourth-order valence-corrected chi connectivity index (χ4v) is 3.17. The number of thiophene rings is 1. The Morgan fingerprint density at radius 1 is 1.24 bits per heavy atom. The lowest BCUT2D eigenvalue weighted by atomic mass is 10.1. The Balaban J connectivity index is 1.58. The maximum absolute atomic E-state index is 10.3. The van der Waals surface area contributed by atoms with Crippen LogP contribution >= 0.6 is 11.3 Å². The van der Waals surface area contributed by atoms with Crippen LogP contribution in [0.25, 0.3) is 0 Å². The molecule has 0 spiro atoms. The summed E-state index contributed by atoms with van der Waals surface area (Å²) in [7, 11) is 0. The van der Waals surface area contributed by atoms with E-state index in [2.05, 4.69) is 23.7 Å². The molecule has 0 aliphatic carbocycles. The third-order valence-corrected chi connectivity index (χ3v) is 4.57. The summed E-state index contributed by atoms with van der Waals surface area (Å²) in [6.07, 6.45) is -0.555. The van der Waals surface area contributed by atoms with Crippen LogP contribution in [0.1, 0.15) is 22.1 Å². The second kappa shape index (κ2) is 6.47. The molecule has 0 amide bonds. The van der Waals surface area contributed by atoms with Crippen molar-refractivity contribution in [1.82, 2.24) is 5.32 Å². The molecule has 1 aliphatic rings. The lowest BCUT2D eigenvalue weighted by Crippen LogP contribution is -2.21. The molecule has 4 nitrogen and oxygen atoms in total. The summed E-state index contributed by atoms with van der Waals surface area (Å²) < 4.78 is 11.0. The van der Waals surface area contributed by atoms with Crippen LogP contribution in [-0.4, -0.2) is 24.9 Å². The highest BCUT2D eigenvalue weighted by Crippen LogP contribution is 2.32. The van der Waals surface area contributed by atoms with Gasteiger partial charge < -0.3 is 19.9 Å². The molecular weight excluding hydrogens is 286 g/mol. The van der Waals surface area contributed by atoms with Gasteiger partial charge >= 0.3 is 0 Å². The van der Waals surface area contributed by atoms with Crippen molar-refractivity contribution in [2.45, 2.75) is 19.6 Å². The van der Waals surface area contributed by atoms with Gasteiger partial charge in [0.25, 0.3) is 0 Å². The van der Waals surface area contributed by atoms with E-state index in [-0.39, 0.29) is 0 Å². The average Bonchev–Trinajstić information content (AvgIpc) is 2.92. The molecular formula is C16H19NO3S. The molecule has 2 N–H and O–H groups in total. The van der Waals surface area contributed by atoms with E-state index >= 15 is 0 Å². The molecule has 2 aromatic rings. The summed E-state index contributed by atoms with van der Waals surface area (Å²) in [4.78, 5) is 1.31. The van der Waals surface area contributed by atoms with E-state index in [1.807, 2.05) is 18.2 Å². The van der Waals surface area contributed by atoms with Crippen LogP contribution in [0, 0.1) is 6.92 Å². The van der Waals surface area contributed by atoms with Crippen molar-refractivity contribution < 1.29 is 14.6 Å². The Morgan fingerprint density at radius 2 is 2.05 bits per heavy atom. The number of fused-ring (bicyclic) bond motifs is 1. The molecule has 0 fully saturated rings. The van der Waals surface area contributed by atoms with Gasteiger partial charge in [-0.1, -0.05) is 6.07 Å². The van der Waals surface area contributed by atoms with Crippen LogP contribution in [0.15, 0.2) is 29.6 Å². The SMILES string of the molecule is Cc1ccsc1CNCC(O)c1ccc2c(c1)OCCO2. The predicted octanol–water partition coefficient (Wildman–Crippen LogP) is 2.65. The van der Waals surface area contributed by atoms with Crippen molar-refractivity contribution in [3.8, 4) is 11.5 Å². The van der Waals surface area contributed by atoms with Gasteiger partial charge in [0, 0.05) is 18.0 Å². The topological polar surface area (TPSA) is 50.7 Å². The Morgan fingerprint density at radius 3 is 2.81 bits per heavy atom. The molecule has 0 radical (unpaired) electrons. The summed E-state index contributed by atoms with van der Waals surface area (Å²) in [5, 5.41) is 15.6. The van der Waals surface area contributed by atoms with E-state index in [0.717, 1.165) is 17.9 Å². The van der Waals surface area contributed by atoms with Gasteiger partial charge in [0.05, 0.1) is 6.10 Å². The van der Waals surface area contributed by atoms with Crippen LogP contribution in [0.4, 0.5) is 0 Å². The van der Waals surface area contributed by atoms with Crippen LogP contribution in [0.2, 0.25) is 0 Å². The first-order valence-electron chi connectivity index (χ1n) is 7.05. The summed E-state index contributed by atoms with van der Waals surface area (Å²) >= 11 is 1.73. The number of ether oxygens (including phenoxy) is 2. The largest absolute Gasteiger partial charge is 0.486 e. The van der Waals surface area contributed by atoms with E-state index in [1.165, 1.54) is 10.4 Å². The van der Waals surface area contributed by atoms with Gasteiger partial charge in [-0.3, -0.25) is 0 Å². The summed E-state index contributed by atoms with van der Waals surface area (Å²) in [6, 6.07) is 7.71. The van der Waals surface area contributed by atoms with E-state index in [0.29, 0.717) is 25.5 Å². The number of hydrogen-bond donors (Lipinski definition) is 2. The lowest BCUT2D eigenvalue weighted by Gasteiger charge is -2.20. The van der Waals surface area contributed by atoms with Gasteiger partial charge in [0.15, 0.2) is 11.5 Å². The number of hydrogen-bond acceptors (Lipinski definition) is 5. The Kier molecular flexibility index (Phi) is 4.43. The first-order valence-corrected chi connectivity index (χ1v) is 7.93. The van der Waals surface area contributed by atoms with Crippen LogP contribution in [-0.2, 0) is 6.54 Å². The van der Waals surface area contributed by atoms with E-state index < -0.39 is 6.10 Å². The molecule has 3 rings (SSSR count). The van der Waals surface area contributed by atoms with Crippen molar-refractivity contribution >= 4 is 11.3 Å². The Labute approximate surface area is 128 Å². The minimum absolute atomic E-state index is 0.511. The molecule has 0 saturated heterocycles. The van der Waals surface area contributed by atoms with E-state index in [4.69, 9.17) is 9.47 Å². The predicted molar refractivity (Wildman–Crippen MR) is 83.2 cm³/mol. The maximum Gasteiger partial charge on any atom is 0.161 e. The van der Waals surface area contributed by atoms with Gasteiger partial charge in [0.1, 0.15) is 13.2 Å². The lowest BCUT2D eigenvalue weighted by molar-refractivity contribution is 0.163. The Hall–Kier alpha value is -1.56. The zero-order valence-electron chi connectivity index (χ0n) is 12.0. The van der Waals surface area contributed by atoms with Gasteiger partial charge in [-0.25, -0.2) is 0 Å². The molecule has 1 aromatic carbocycles. The van der Waals surface area contributed by atoms with Gasteiger partial charge in [-0.05, 0) is 41.6 Å². The third-order valence-electron chi connectivity index (χ3n) is 3.54. The first kappa shape index (κ1) is 14.4. The van der Waals surface area contributed by atoms with Crippen molar-refractivity contribution in [2.24, 2.45) is 0 Å². The zero-order valence-corrected chi connectivity index (χ0v) is 12.8. The van der Waals surface area contributed by atoms with Crippen molar-refractivity contribution in [3.63, 3.8) is 0 Å². The highest BCUT2D eigenvalue weighted by molar-refractivity contribution is 7.10. The fourth-order valence-electron chi connectivity index (χ4n) is 2.29. The standard InChI is InChI=1S/C16H19NO3S/c1-11-4-7-21-16(11)10-17-9-13(18)12-2-3-14-15(8-12)20-6-5-19-14/h2-4,7-8,13,17-18H,5-6,9-10H2,1H3. The van der Waals surface area contributed by atoms with Crippen LogP contribution < -0.4 is 14.8 Å². The minimum atomic E-state index is -0.555. The summed E-state index contributed by atoms with van der Waals surface area (Å²) in [5.74, 6) is 1.46. The fraction of sp³-hybridized carbons (Fsp3) is 0.375. The van der Waals surface area contributed by atoms with E-state index in [9.17, 15) is 5.11 Å². The molecule has 0 bridgehead atoms. The molecule has 1 atom stereocenters. The number of nitrogens with one attached hydrogen (secondary N) is 1. The molecule has 112 valence electrons. The highest BCUT2D eigenvalue weighted by Gasteiger charge is 2.15. The zero-order chi connectivity index (χ0) is 14.7. The molecule has 21 heavy (non-hydrogen) atoms. The second-order valence-electron chi connectivity index (χ2n) is 5.08. The van der Waals surface area contributed by atoms with Crippen LogP contribution in [0.3, 0.4) is 0 Å². The number of aliphatic hydroxyl groups excluding tert-OH is 1. The van der Waals surface area contributed by atoms with Crippen molar-refractivity contribution in [2.75, 3.05) is 19.8 Å². The van der Waals surface area contributed by atoms with Crippen molar-refractivity contribution in [3.05, 3.63) is 45.6 Å². The first-order chi connectivity index (χ1) is 10.2.